The average Bonchev–Trinajstić information content (AvgIpc) is 3.14. The van der Waals surface area contributed by atoms with Gasteiger partial charge in [0.2, 0.25) is 0 Å². The first-order chi connectivity index (χ1) is 15.8. The van der Waals surface area contributed by atoms with Gasteiger partial charge in [0.25, 0.3) is 5.91 Å². The number of ether oxygens (including phenoxy) is 1. The van der Waals surface area contributed by atoms with E-state index in [1.807, 2.05) is 25.1 Å². The van der Waals surface area contributed by atoms with E-state index in [-0.39, 0.29) is 24.5 Å². The molecule has 4 aromatic rings. The Morgan fingerprint density at radius 2 is 1.64 bits per heavy atom. The van der Waals surface area contributed by atoms with Gasteiger partial charge in [-0.2, -0.15) is 13.2 Å². The summed E-state index contributed by atoms with van der Waals surface area (Å²) in [5.74, 6) is 0.361. The monoisotopic (exact) mass is 451 g/mol. The van der Waals surface area contributed by atoms with Crippen LogP contribution < -0.4 is 4.74 Å². The first kappa shape index (κ1) is 22.6. The number of aryl methyl sites for hydroxylation is 2. The standard InChI is InChI=1S/C27H24F3NO2/c1-3-19-8-6-10-25-23(19)17-18(2)31(25)26(32)21-11-13-22(14-12-21)33-16-15-20-7-4-5-9-24(20)27(28,29)30/h4-14,17H,3,15-16H2,1-2H3. The molecule has 1 aromatic heterocycles. The van der Waals surface area contributed by atoms with Crippen LogP contribution in [0.4, 0.5) is 13.2 Å². The van der Waals surface area contributed by atoms with Gasteiger partial charge in [-0.25, -0.2) is 0 Å². The Bertz CT molecular complexity index is 1290. The quantitative estimate of drug-likeness (QED) is 0.321. The van der Waals surface area contributed by atoms with Crippen molar-refractivity contribution in [1.29, 1.82) is 0 Å². The molecule has 0 fully saturated rings. The Morgan fingerprint density at radius 1 is 0.939 bits per heavy atom. The Balaban J connectivity index is 1.47. The number of rotatable bonds is 6. The summed E-state index contributed by atoms with van der Waals surface area (Å²) in [4.78, 5) is 13.2. The largest absolute Gasteiger partial charge is 0.493 e. The Hall–Kier alpha value is -3.54. The van der Waals surface area contributed by atoms with Crippen LogP contribution in [0.2, 0.25) is 0 Å². The van der Waals surface area contributed by atoms with Crippen molar-refractivity contribution < 1.29 is 22.7 Å². The second-order valence-electron chi connectivity index (χ2n) is 7.91. The van der Waals surface area contributed by atoms with Crippen LogP contribution in [-0.4, -0.2) is 17.1 Å². The fraction of sp³-hybridized carbons (Fsp3) is 0.222. The van der Waals surface area contributed by atoms with Crippen LogP contribution in [0, 0.1) is 6.92 Å². The third-order valence-corrected chi connectivity index (χ3v) is 5.77. The normalized spacial score (nSPS) is 11.7. The lowest BCUT2D eigenvalue weighted by Crippen LogP contribution is -2.13. The SMILES string of the molecule is CCc1cccc2c1cc(C)n2C(=O)c1ccc(OCCc2ccccc2C(F)(F)F)cc1. The molecule has 0 saturated carbocycles. The van der Waals surface area contributed by atoms with Crippen LogP contribution in [-0.2, 0) is 19.0 Å². The zero-order chi connectivity index (χ0) is 23.6. The minimum Gasteiger partial charge on any atom is -0.493 e. The summed E-state index contributed by atoms with van der Waals surface area (Å²) in [5, 5.41) is 1.07. The molecular formula is C27H24F3NO2. The van der Waals surface area contributed by atoms with E-state index in [1.165, 1.54) is 17.7 Å². The van der Waals surface area contributed by atoms with Gasteiger partial charge in [0, 0.05) is 23.1 Å². The summed E-state index contributed by atoms with van der Waals surface area (Å²) in [7, 11) is 0. The highest BCUT2D eigenvalue weighted by atomic mass is 19.4. The number of fused-ring (bicyclic) bond motifs is 1. The molecule has 0 unspecified atom stereocenters. The molecule has 4 rings (SSSR count). The van der Waals surface area contributed by atoms with Crippen molar-refractivity contribution in [1.82, 2.24) is 4.57 Å². The number of hydrogen-bond donors (Lipinski definition) is 0. The van der Waals surface area contributed by atoms with Crippen LogP contribution in [0.1, 0.15) is 39.7 Å². The molecule has 170 valence electrons. The summed E-state index contributed by atoms with van der Waals surface area (Å²) in [6.07, 6.45) is -3.38. The summed E-state index contributed by atoms with van der Waals surface area (Å²) in [6.45, 7) is 4.10. The third kappa shape index (κ3) is 4.65. The van der Waals surface area contributed by atoms with Gasteiger partial charge in [0.1, 0.15) is 5.75 Å². The van der Waals surface area contributed by atoms with Gasteiger partial charge in [0.05, 0.1) is 17.7 Å². The number of alkyl halides is 3. The molecule has 0 radical (unpaired) electrons. The van der Waals surface area contributed by atoms with E-state index in [9.17, 15) is 18.0 Å². The van der Waals surface area contributed by atoms with Crippen molar-refractivity contribution in [3.05, 3.63) is 101 Å². The van der Waals surface area contributed by atoms with E-state index in [4.69, 9.17) is 4.74 Å². The number of benzene rings is 3. The number of aromatic nitrogens is 1. The van der Waals surface area contributed by atoms with Crippen LogP contribution >= 0.6 is 0 Å². The molecule has 0 atom stereocenters. The Morgan fingerprint density at radius 3 is 2.33 bits per heavy atom. The fourth-order valence-corrected chi connectivity index (χ4v) is 4.12. The van der Waals surface area contributed by atoms with E-state index in [0.717, 1.165) is 29.1 Å². The van der Waals surface area contributed by atoms with E-state index in [2.05, 4.69) is 13.0 Å². The zero-order valence-corrected chi connectivity index (χ0v) is 18.4. The van der Waals surface area contributed by atoms with Crippen molar-refractivity contribution in [2.24, 2.45) is 0 Å². The second-order valence-corrected chi connectivity index (χ2v) is 7.91. The van der Waals surface area contributed by atoms with E-state index >= 15 is 0 Å². The van der Waals surface area contributed by atoms with E-state index in [0.29, 0.717) is 11.3 Å². The van der Waals surface area contributed by atoms with Crippen molar-refractivity contribution >= 4 is 16.8 Å². The minimum atomic E-state index is -4.39. The van der Waals surface area contributed by atoms with Crippen molar-refractivity contribution in [3.63, 3.8) is 0 Å². The van der Waals surface area contributed by atoms with Gasteiger partial charge < -0.3 is 4.74 Å². The van der Waals surface area contributed by atoms with Crippen LogP contribution in [0.15, 0.2) is 72.8 Å². The molecule has 0 spiro atoms. The van der Waals surface area contributed by atoms with Crippen LogP contribution in [0.3, 0.4) is 0 Å². The lowest BCUT2D eigenvalue weighted by Gasteiger charge is -2.13. The highest BCUT2D eigenvalue weighted by Crippen LogP contribution is 2.32. The van der Waals surface area contributed by atoms with Gasteiger partial charge in [-0.15, -0.1) is 0 Å². The lowest BCUT2D eigenvalue weighted by molar-refractivity contribution is -0.138. The van der Waals surface area contributed by atoms with E-state index in [1.54, 1.807) is 34.9 Å². The average molecular weight is 451 g/mol. The van der Waals surface area contributed by atoms with Gasteiger partial charge in [-0.3, -0.25) is 9.36 Å². The maximum atomic E-state index is 13.2. The molecule has 1 heterocycles. The zero-order valence-electron chi connectivity index (χ0n) is 18.4. The Kier molecular flexibility index (Phi) is 6.27. The molecule has 0 aliphatic rings. The molecule has 0 saturated heterocycles. The molecule has 0 aliphatic carbocycles. The van der Waals surface area contributed by atoms with Crippen molar-refractivity contribution in [2.75, 3.05) is 6.61 Å². The molecule has 0 amide bonds. The number of hydrogen-bond acceptors (Lipinski definition) is 2. The lowest BCUT2D eigenvalue weighted by atomic mass is 10.0. The molecule has 6 heteroatoms. The Labute approximate surface area is 190 Å². The van der Waals surface area contributed by atoms with Crippen LogP contribution in [0.25, 0.3) is 10.9 Å². The number of nitrogens with zero attached hydrogens (tertiary/aromatic N) is 1. The maximum Gasteiger partial charge on any atom is 0.416 e. The summed E-state index contributed by atoms with van der Waals surface area (Å²) >= 11 is 0. The highest BCUT2D eigenvalue weighted by Gasteiger charge is 2.32. The topological polar surface area (TPSA) is 31.2 Å². The van der Waals surface area contributed by atoms with Gasteiger partial charge in [0.15, 0.2) is 0 Å². The molecule has 0 aliphatic heterocycles. The smallest absolute Gasteiger partial charge is 0.416 e. The highest BCUT2D eigenvalue weighted by molar-refractivity contribution is 6.03. The molecule has 3 aromatic carbocycles. The third-order valence-electron chi connectivity index (χ3n) is 5.77. The number of halogens is 3. The second kappa shape index (κ2) is 9.14. The summed E-state index contributed by atoms with van der Waals surface area (Å²) in [6, 6.07) is 20.2. The molecule has 0 N–H and O–H groups in total. The van der Waals surface area contributed by atoms with Crippen LogP contribution in [0.5, 0.6) is 5.75 Å². The molecule has 3 nitrogen and oxygen atoms in total. The predicted octanol–water partition coefficient (Wildman–Crippen LogP) is 6.84. The predicted molar refractivity (Wildman–Crippen MR) is 123 cm³/mol. The number of carbonyl (C=O) groups is 1. The first-order valence-corrected chi connectivity index (χ1v) is 10.8. The van der Waals surface area contributed by atoms with Gasteiger partial charge in [-0.1, -0.05) is 37.3 Å². The van der Waals surface area contributed by atoms with Crippen molar-refractivity contribution in [3.8, 4) is 5.75 Å². The van der Waals surface area contributed by atoms with E-state index < -0.39 is 11.7 Å². The molecule has 0 bridgehead atoms. The van der Waals surface area contributed by atoms with Gasteiger partial charge >= 0.3 is 6.18 Å². The first-order valence-electron chi connectivity index (χ1n) is 10.8. The summed E-state index contributed by atoms with van der Waals surface area (Å²) < 4.78 is 46.7. The summed E-state index contributed by atoms with van der Waals surface area (Å²) in [5.41, 5.74) is 2.98. The fourth-order valence-electron chi connectivity index (χ4n) is 4.12. The molecular weight excluding hydrogens is 427 g/mol. The minimum absolute atomic E-state index is 0.0987. The van der Waals surface area contributed by atoms with Gasteiger partial charge in [-0.05, 0) is 66.9 Å². The molecule has 33 heavy (non-hydrogen) atoms. The number of carbonyl (C=O) groups excluding carboxylic acids is 1. The maximum absolute atomic E-state index is 13.2. The van der Waals surface area contributed by atoms with Crippen molar-refractivity contribution in [2.45, 2.75) is 32.9 Å².